The Kier molecular flexibility index (Phi) is 3.80. The van der Waals surface area contributed by atoms with E-state index < -0.39 is 0 Å². The molecule has 19 heavy (non-hydrogen) atoms. The van der Waals surface area contributed by atoms with Crippen molar-refractivity contribution in [3.8, 4) is 0 Å². The van der Waals surface area contributed by atoms with Crippen molar-refractivity contribution in [3.05, 3.63) is 23.4 Å². The molecule has 2 aliphatic heterocycles. The SMILES string of the molecule is O=C[B]N1CCN(c2ccc3c(n2)CCNC3)CC1. The van der Waals surface area contributed by atoms with Crippen LogP contribution in [-0.4, -0.2) is 56.1 Å². The van der Waals surface area contributed by atoms with Gasteiger partial charge in [-0.25, -0.2) is 4.98 Å². The van der Waals surface area contributed by atoms with E-state index in [1.165, 1.54) is 11.3 Å². The van der Waals surface area contributed by atoms with Gasteiger partial charge in [0.25, 0.3) is 7.41 Å². The molecule has 3 rings (SSSR count). The van der Waals surface area contributed by atoms with Crippen LogP contribution in [0.5, 0.6) is 0 Å². The summed E-state index contributed by atoms with van der Waals surface area (Å²) in [6.45, 7) is 5.58. The highest BCUT2D eigenvalue weighted by molar-refractivity contribution is 6.64. The highest BCUT2D eigenvalue weighted by Crippen LogP contribution is 2.19. The molecule has 0 spiro atoms. The Morgan fingerprint density at radius 3 is 2.89 bits per heavy atom. The van der Waals surface area contributed by atoms with E-state index in [0.717, 1.165) is 57.7 Å². The molecule has 0 bridgehead atoms. The third-order valence-corrected chi connectivity index (χ3v) is 3.82. The van der Waals surface area contributed by atoms with Crippen LogP contribution in [0, 0.1) is 0 Å². The second-order valence-electron chi connectivity index (χ2n) is 5.01. The Morgan fingerprint density at radius 1 is 1.26 bits per heavy atom. The molecule has 0 saturated carbocycles. The maximum absolute atomic E-state index is 10.5. The molecule has 0 amide bonds. The molecule has 1 saturated heterocycles. The van der Waals surface area contributed by atoms with Crippen LogP contribution >= 0.6 is 0 Å². The van der Waals surface area contributed by atoms with Gasteiger partial charge in [-0.1, -0.05) is 6.07 Å². The van der Waals surface area contributed by atoms with Gasteiger partial charge >= 0.3 is 0 Å². The number of hydrogen-bond donors (Lipinski definition) is 1. The van der Waals surface area contributed by atoms with Gasteiger partial charge in [0.2, 0.25) is 0 Å². The Balaban J connectivity index is 1.68. The van der Waals surface area contributed by atoms with Crippen LogP contribution in [0.25, 0.3) is 0 Å². The van der Waals surface area contributed by atoms with E-state index in [2.05, 4.69) is 27.2 Å². The minimum atomic E-state index is 0.861. The van der Waals surface area contributed by atoms with Gasteiger partial charge in [-0.2, -0.15) is 0 Å². The molecule has 1 fully saturated rings. The normalized spacial score (nSPS) is 19.9. The van der Waals surface area contributed by atoms with E-state index in [1.807, 2.05) is 0 Å². The predicted octanol–water partition coefficient (Wildman–Crippen LogP) is -0.341. The monoisotopic (exact) mass is 257 g/mol. The molecule has 0 unspecified atom stereocenters. The second kappa shape index (κ2) is 5.71. The zero-order valence-corrected chi connectivity index (χ0v) is 11.0. The first kappa shape index (κ1) is 12.6. The first-order chi connectivity index (χ1) is 9.36. The van der Waals surface area contributed by atoms with E-state index in [1.54, 1.807) is 7.41 Å². The highest BCUT2D eigenvalue weighted by Gasteiger charge is 2.19. The molecular formula is C13H18BN4O. The number of nitrogens with zero attached hydrogens (tertiary/aromatic N) is 3. The van der Waals surface area contributed by atoms with Gasteiger partial charge < -0.3 is 19.8 Å². The van der Waals surface area contributed by atoms with Crippen LogP contribution in [0.15, 0.2) is 12.1 Å². The summed E-state index contributed by atoms with van der Waals surface area (Å²) in [4.78, 5) is 19.6. The quantitative estimate of drug-likeness (QED) is 0.593. The molecule has 99 valence electrons. The number of aromatic nitrogens is 1. The maximum atomic E-state index is 10.5. The molecule has 6 heteroatoms. The number of rotatable bonds is 3. The van der Waals surface area contributed by atoms with Crippen molar-refractivity contribution < 1.29 is 4.79 Å². The summed E-state index contributed by atoms with van der Waals surface area (Å²) < 4.78 is 0. The summed E-state index contributed by atoms with van der Waals surface area (Å²) in [7, 11) is 1.63. The summed E-state index contributed by atoms with van der Waals surface area (Å²) in [5.41, 5.74) is 2.56. The number of pyridine rings is 1. The number of carbonyl (C=O) groups is 1. The first-order valence-electron chi connectivity index (χ1n) is 6.84. The number of nitrogens with one attached hydrogen (secondary N) is 1. The number of piperazine rings is 1. The van der Waals surface area contributed by atoms with Gasteiger partial charge in [-0.3, -0.25) is 0 Å². The molecule has 2 aliphatic rings. The zero-order valence-electron chi connectivity index (χ0n) is 11.0. The van der Waals surface area contributed by atoms with Crippen LogP contribution in [0.1, 0.15) is 11.3 Å². The number of anilines is 1. The van der Waals surface area contributed by atoms with Crippen LogP contribution in [0.3, 0.4) is 0 Å². The number of hydrogen-bond acceptors (Lipinski definition) is 5. The van der Waals surface area contributed by atoms with Gasteiger partial charge in [0, 0.05) is 51.4 Å². The fraction of sp³-hybridized carbons (Fsp3) is 0.538. The van der Waals surface area contributed by atoms with Crippen LogP contribution in [-0.2, 0) is 17.8 Å². The standard InChI is InChI=1S/C13H18BN4O/c19-10-14-18-7-5-17(6-8-18)13-2-1-11-9-15-4-3-12(11)16-13/h1-2,10,15H,3-9H2. The Bertz CT molecular complexity index is 460. The molecule has 1 aromatic heterocycles. The molecule has 1 radical (unpaired) electrons. The highest BCUT2D eigenvalue weighted by atomic mass is 16.1. The molecule has 0 atom stereocenters. The molecule has 5 nitrogen and oxygen atoms in total. The van der Waals surface area contributed by atoms with Gasteiger partial charge in [0.15, 0.2) is 0 Å². The van der Waals surface area contributed by atoms with E-state index in [-0.39, 0.29) is 0 Å². The zero-order chi connectivity index (χ0) is 13.1. The maximum Gasteiger partial charge on any atom is 0.293 e. The molecule has 0 aliphatic carbocycles. The minimum Gasteiger partial charge on any atom is -0.354 e. The Labute approximate surface area is 114 Å². The van der Waals surface area contributed by atoms with Crippen LogP contribution in [0.4, 0.5) is 5.82 Å². The van der Waals surface area contributed by atoms with Gasteiger partial charge in [0.1, 0.15) is 5.82 Å². The van der Waals surface area contributed by atoms with Crippen molar-refractivity contribution in [2.75, 3.05) is 37.6 Å². The Hall–Kier alpha value is -1.40. The predicted molar refractivity (Wildman–Crippen MR) is 75.9 cm³/mol. The molecule has 3 heterocycles. The number of fused-ring (bicyclic) bond motifs is 1. The van der Waals surface area contributed by atoms with Gasteiger partial charge in [-0.05, 0) is 11.6 Å². The van der Waals surface area contributed by atoms with E-state index in [4.69, 9.17) is 4.98 Å². The fourth-order valence-electron chi connectivity index (χ4n) is 2.69. The van der Waals surface area contributed by atoms with Crippen LogP contribution < -0.4 is 10.2 Å². The van der Waals surface area contributed by atoms with Crippen molar-refractivity contribution in [2.24, 2.45) is 0 Å². The average molecular weight is 257 g/mol. The average Bonchev–Trinajstić information content (AvgIpc) is 2.48. The fourth-order valence-corrected chi connectivity index (χ4v) is 2.69. The molecule has 0 aromatic carbocycles. The van der Waals surface area contributed by atoms with Crippen molar-refractivity contribution in [1.29, 1.82) is 0 Å². The molecule has 1 aromatic rings. The van der Waals surface area contributed by atoms with E-state index >= 15 is 0 Å². The summed E-state index contributed by atoms with van der Waals surface area (Å²) >= 11 is 0. The summed E-state index contributed by atoms with van der Waals surface area (Å²) in [5.74, 6) is 1.08. The largest absolute Gasteiger partial charge is 0.354 e. The van der Waals surface area contributed by atoms with Crippen molar-refractivity contribution in [1.82, 2.24) is 15.1 Å². The second-order valence-corrected chi connectivity index (χ2v) is 5.01. The lowest BCUT2D eigenvalue weighted by atomic mass is 9.93. The lowest BCUT2D eigenvalue weighted by Crippen LogP contribution is -2.48. The van der Waals surface area contributed by atoms with Gasteiger partial charge in [0.05, 0.1) is 6.19 Å². The lowest BCUT2D eigenvalue weighted by molar-refractivity contribution is 0.407. The van der Waals surface area contributed by atoms with Crippen molar-refractivity contribution in [2.45, 2.75) is 13.0 Å². The summed E-state index contributed by atoms with van der Waals surface area (Å²) in [5, 5.41) is 3.36. The van der Waals surface area contributed by atoms with E-state index in [0.29, 0.717) is 0 Å². The summed E-state index contributed by atoms with van der Waals surface area (Å²) in [6.07, 6.45) is 1.88. The smallest absolute Gasteiger partial charge is 0.293 e. The molecule has 1 N–H and O–H groups in total. The summed E-state index contributed by atoms with van der Waals surface area (Å²) in [6, 6.07) is 4.30. The van der Waals surface area contributed by atoms with Gasteiger partial charge in [-0.15, -0.1) is 0 Å². The third kappa shape index (κ3) is 2.79. The number of carbonyl (C=O) groups excluding carboxylic acids is 1. The van der Waals surface area contributed by atoms with Crippen molar-refractivity contribution >= 4 is 19.4 Å². The Morgan fingerprint density at radius 2 is 2.11 bits per heavy atom. The van der Waals surface area contributed by atoms with Crippen molar-refractivity contribution in [3.63, 3.8) is 0 Å². The first-order valence-corrected chi connectivity index (χ1v) is 6.84. The van der Waals surface area contributed by atoms with Crippen LogP contribution in [0.2, 0.25) is 0 Å². The third-order valence-electron chi connectivity index (χ3n) is 3.82. The minimum absolute atomic E-state index is 0.861. The topological polar surface area (TPSA) is 48.5 Å². The molecular weight excluding hydrogens is 239 g/mol. The lowest BCUT2D eigenvalue weighted by Gasteiger charge is -2.35. The van der Waals surface area contributed by atoms with E-state index in [9.17, 15) is 4.79 Å².